The van der Waals surface area contributed by atoms with Gasteiger partial charge in [-0.1, -0.05) is 36.8 Å². The molecule has 2 rings (SSSR count). The molecule has 2 N–H and O–H groups in total. The molecule has 3 heteroatoms. The van der Waals surface area contributed by atoms with Crippen LogP contribution in [0.2, 0.25) is 0 Å². The van der Waals surface area contributed by atoms with Crippen LogP contribution in [0.3, 0.4) is 0 Å². The van der Waals surface area contributed by atoms with Crippen LogP contribution < -0.4 is 0 Å². The van der Waals surface area contributed by atoms with E-state index in [1.165, 1.54) is 19.3 Å². The SMILES string of the molecule is OCCN(CC[C@@H](O)c1ccccc1)C1CCC1. The Morgan fingerprint density at radius 1 is 1.17 bits per heavy atom. The quantitative estimate of drug-likeness (QED) is 0.776. The smallest absolute Gasteiger partial charge is 0.0802 e. The fourth-order valence-corrected chi connectivity index (χ4v) is 2.49. The highest BCUT2D eigenvalue weighted by atomic mass is 16.3. The summed E-state index contributed by atoms with van der Waals surface area (Å²) >= 11 is 0. The first kappa shape index (κ1) is 13.5. The van der Waals surface area contributed by atoms with Crippen LogP contribution in [0.15, 0.2) is 30.3 Å². The van der Waals surface area contributed by atoms with E-state index in [0.717, 1.165) is 25.1 Å². The molecule has 0 amide bonds. The second-order valence-electron chi connectivity index (χ2n) is 5.06. The van der Waals surface area contributed by atoms with Crippen molar-refractivity contribution < 1.29 is 10.2 Å². The van der Waals surface area contributed by atoms with Gasteiger partial charge in [0.1, 0.15) is 0 Å². The minimum Gasteiger partial charge on any atom is -0.395 e. The molecule has 1 aliphatic rings. The number of benzene rings is 1. The number of aliphatic hydroxyl groups is 2. The van der Waals surface area contributed by atoms with E-state index in [-0.39, 0.29) is 6.61 Å². The van der Waals surface area contributed by atoms with Crippen LogP contribution in [-0.2, 0) is 0 Å². The Morgan fingerprint density at radius 2 is 1.89 bits per heavy atom. The second kappa shape index (κ2) is 6.88. The van der Waals surface area contributed by atoms with Gasteiger partial charge in [0.2, 0.25) is 0 Å². The van der Waals surface area contributed by atoms with E-state index in [2.05, 4.69) is 4.90 Å². The molecule has 0 bridgehead atoms. The minimum absolute atomic E-state index is 0.206. The van der Waals surface area contributed by atoms with Crippen LogP contribution in [0.25, 0.3) is 0 Å². The standard InChI is InChI=1S/C15H23NO2/c17-12-11-16(14-7-4-8-14)10-9-15(18)13-5-2-1-3-6-13/h1-3,5-6,14-15,17-18H,4,7-12H2/t15-/m1/s1. The molecule has 18 heavy (non-hydrogen) atoms. The van der Waals surface area contributed by atoms with Gasteiger partial charge < -0.3 is 10.2 Å². The molecule has 0 radical (unpaired) electrons. The number of hydrogen-bond acceptors (Lipinski definition) is 3. The number of hydrogen-bond donors (Lipinski definition) is 2. The molecule has 1 saturated carbocycles. The maximum absolute atomic E-state index is 10.1. The zero-order valence-electron chi connectivity index (χ0n) is 10.8. The fourth-order valence-electron chi connectivity index (χ4n) is 2.49. The topological polar surface area (TPSA) is 43.7 Å². The van der Waals surface area contributed by atoms with Crippen molar-refractivity contribution in [1.29, 1.82) is 0 Å². The van der Waals surface area contributed by atoms with Crippen LogP contribution in [-0.4, -0.2) is 40.9 Å². The molecule has 0 unspecified atom stereocenters. The molecule has 0 spiro atoms. The summed E-state index contributed by atoms with van der Waals surface area (Å²) < 4.78 is 0. The normalized spacial score (nSPS) is 17.7. The molecular weight excluding hydrogens is 226 g/mol. The van der Waals surface area contributed by atoms with Crippen molar-refractivity contribution in [3.63, 3.8) is 0 Å². The van der Waals surface area contributed by atoms with Gasteiger partial charge >= 0.3 is 0 Å². The number of nitrogens with zero attached hydrogens (tertiary/aromatic N) is 1. The van der Waals surface area contributed by atoms with E-state index in [0.29, 0.717) is 6.04 Å². The predicted octanol–water partition coefficient (Wildman–Crippen LogP) is 1.96. The summed E-state index contributed by atoms with van der Waals surface area (Å²) in [5, 5.41) is 19.2. The third kappa shape index (κ3) is 3.55. The van der Waals surface area contributed by atoms with Crippen molar-refractivity contribution in [2.75, 3.05) is 19.7 Å². The van der Waals surface area contributed by atoms with Crippen molar-refractivity contribution in [1.82, 2.24) is 4.90 Å². The zero-order valence-corrected chi connectivity index (χ0v) is 10.8. The first-order valence-electron chi connectivity index (χ1n) is 6.89. The first-order valence-corrected chi connectivity index (χ1v) is 6.89. The van der Waals surface area contributed by atoms with Crippen LogP contribution in [0.1, 0.15) is 37.4 Å². The van der Waals surface area contributed by atoms with Gasteiger partial charge in [0, 0.05) is 19.1 Å². The molecule has 100 valence electrons. The predicted molar refractivity (Wildman–Crippen MR) is 72.3 cm³/mol. The van der Waals surface area contributed by atoms with Gasteiger partial charge in [-0.15, -0.1) is 0 Å². The Balaban J connectivity index is 1.81. The monoisotopic (exact) mass is 249 g/mol. The van der Waals surface area contributed by atoms with Crippen molar-refractivity contribution in [2.24, 2.45) is 0 Å². The number of aliphatic hydroxyl groups excluding tert-OH is 2. The molecule has 1 aromatic rings. The molecule has 1 aromatic carbocycles. The molecule has 3 nitrogen and oxygen atoms in total. The largest absolute Gasteiger partial charge is 0.395 e. The van der Waals surface area contributed by atoms with Crippen molar-refractivity contribution in [2.45, 2.75) is 37.8 Å². The van der Waals surface area contributed by atoms with Crippen LogP contribution in [0, 0.1) is 0 Å². The Hall–Kier alpha value is -0.900. The summed E-state index contributed by atoms with van der Waals surface area (Å²) in [5.74, 6) is 0. The maximum atomic E-state index is 10.1. The third-order valence-corrected chi connectivity index (χ3v) is 3.85. The van der Waals surface area contributed by atoms with Crippen molar-refractivity contribution in [3.8, 4) is 0 Å². The summed E-state index contributed by atoms with van der Waals surface area (Å²) in [6, 6.07) is 10.4. The van der Waals surface area contributed by atoms with Gasteiger partial charge in [0.15, 0.2) is 0 Å². The lowest BCUT2D eigenvalue weighted by molar-refractivity contribution is 0.0765. The second-order valence-corrected chi connectivity index (χ2v) is 5.06. The highest BCUT2D eigenvalue weighted by Gasteiger charge is 2.24. The van der Waals surface area contributed by atoms with E-state index in [4.69, 9.17) is 5.11 Å². The lowest BCUT2D eigenvalue weighted by Crippen LogP contribution is -2.42. The highest BCUT2D eigenvalue weighted by Crippen LogP contribution is 2.26. The van der Waals surface area contributed by atoms with E-state index in [1.54, 1.807) is 0 Å². The van der Waals surface area contributed by atoms with E-state index < -0.39 is 6.10 Å². The van der Waals surface area contributed by atoms with Gasteiger partial charge in [0.25, 0.3) is 0 Å². The Morgan fingerprint density at radius 3 is 2.44 bits per heavy atom. The molecular formula is C15H23NO2. The summed E-state index contributed by atoms with van der Waals surface area (Å²) in [7, 11) is 0. The molecule has 1 fully saturated rings. The Bertz CT molecular complexity index is 338. The first-order chi connectivity index (χ1) is 8.81. The van der Waals surface area contributed by atoms with E-state index in [1.807, 2.05) is 30.3 Å². The van der Waals surface area contributed by atoms with Gasteiger partial charge in [0.05, 0.1) is 12.7 Å². The van der Waals surface area contributed by atoms with Crippen molar-refractivity contribution in [3.05, 3.63) is 35.9 Å². The third-order valence-electron chi connectivity index (χ3n) is 3.85. The molecule has 0 saturated heterocycles. The lowest BCUT2D eigenvalue weighted by atomic mass is 9.91. The Kier molecular flexibility index (Phi) is 5.17. The molecule has 1 atom stereocenters. The van der Waals surface area contributed by atoms with Crippen LogP contribution >= 0.6 is 0 Å². The van der Waals surface area contributed by atoms with Gasteiger partial charge in [-0.25, -0.2) is 0 Å². The number of rotatable bonds is 7. The van der Waals surface area contributed by atoms with E-state index in [9.17, 15) is 5.11 Å². The molecule has 1 aliphatic carbocycles. The summed E-state index contributed by atoms with van der Waals surface area (Å²) in [6.45, 7) is 1.80. The fraction of sp³-hybridized carbons (Fsp3) is 0.600. The molecule has 0 aliphatic heterocycles. The van der Waals surface area contributed by atoms with E-state index >= 15 is 0 Å². The van der Waals surface area contributed by atoms with Crippen molar-refractivity contribution >= 4 is 0 Å². The van der Waals surface area contributed by atoms with Crippen LogP contribution in [0.5, 0.6) is 0 Å². The maximum Gasteiger partial charge on any atom is 0.0802 e. The highest BCUT2D eigenvalue weighted by molar-refractivity contribution is 5.17. The average Bonchev–Trinajstić information content (AvgIpc) is 2.35. The summed E-state index contributed by atoms with van der Waals surface area (Å²) in [6.07, 6.45) is 4.12. The molecule has 0 aromatic heterocycles. The average molecular weight is 249 g/mol. The van der Waals surface area contributed by atoms with Gasteiger partial charge in [-0.3, -0.25) is 4.90 Å². The van der Waals surface area contributed by atoms with Gasteiger partial charge in [-0.05, 0) is 24.8 Å². The summed E-state index contributed by atoms with van der Waals surface area (Å²) in [5.41, 5.74) is 0.982. The summed E-state index contributed by atoms with van der Waals surface area (Å²) in [4.78, 5) is 2.32. The van der Waals surface area contributed by atoms with Gasteiger partial charge in [-0.2, -0.15) is 0 Å². The Labute approximate surface area is 109 Å². The molecule has 0 heterocycles. The minimum atomic E-state index is -0.396. The van der Waals surface area contributed by atoms with Crippen LogP contribution in [0.4, 0.5) is 0 Å². The lowest BCUT2D eigenvalue weighted by Gasteiger charge is -2.37. The zero-order chi connectivity index (χ0) is 12.8.